The fourth-order valence-electron chi connectivity index (χ4n) is 8.51. The van der Waals surface area contributed by atoms with Gasteiger partial charge in [0.1, 0.15) is 0 Å². The third kappa shape index (κ3) is 3.48. The smallest absolute Gasteiger partial charge is 0.0569 e. The molecule has 4 aliphatic rings. The van der Waals surface area contributed by atoms with Gasteiger partial charge in [-0.2, -0.15) is 0 Å². The highest BCUT2D eigenvalue weighted by Gasteiger charge is 2.56. The van der Waals surface area contributed by atoms with Crippen molar-refractivity contribution in [2.45, 2.75) is 105 Å². The first-order valence-electron chi connectivity index (χ1n) is 12.8. The highest BCUT2D eigenvalue weighted by atomic mass is 16.3. The van der Waals surface area contributed by atoms with Gasteiger partial charge in [0.2, 0.25) is 0 Å². The van der Waals surface area contributed by atoms with Crippen LogP contribution < -0.4 is 0 Å². The molecule has 0 saturated heterocycles. The van der Waals surface area contributed by atoms with Crippen molar-refractivity contribution in [3.8, 4) is 0 Å². The van der Waals surface area contributed by atoms with Gasteiger partial charge < -0.3 is 5.11 Å². The van der Waals surface area contributed by atoms with Crippen molar-refractivity contribution in [3.05, 3.63) is 23.3 Å². The van der Waals surface area contributed by atoms with Gasteiger partial charge in [0.25, 0.3) is 0 Å². The van der Waals surface area contributed by atoms with Crippen molar-refractivity contribution in [1.29, 1.82) is 0 Å². The highest BCUT2D eigenvalue weighted by Crippen LogP contribution is 2.66. The first kappa shape index (κ1) is 21.7. The maximum Gasteiger partial charge on any atom is 0.0569 e. The summed E-state index contributed by atoms with van der Waals surface area (Å²) in [5, 5.41) is 10.5. The van der Waals surface area contributed by atoms with Gasteiger partial charge in [-0.15, -0.1) is 0 Å². The minimum atomic E-state index is -0.0709. The van der Waals surface area contributed by atoms with Crippen LogP contribution in [0.5, 0.6) is 0 Å². The van der Waals surface area contributed by atoms with Gasteiger partial charge in [-0.25, -0.2) is 0 Å². The molecule has 0 radical (unpaired) electrons. The van der Waals surface area contributed by atoms with E-state index in [2.05, 4.69) is 53.7 Å². The van der Waals surface area contributed by atoms with Crippen molar-refractivity contribution < 1.29 is 5.11 Å². The third-order valence-electron chi connectivity index (χ3n) is 10.2. The maximum absolute atomic E-state index is 10.5. The number of fused-ring (bicyclic) bond motifs is 4. The molecule has 0 aromatic heterocycles. The van der Waals surface area contributed by atoms with Crippen LogP contribution in [0.4, 0.5) is 0 Å². The molecule has 2 saturated carbocycles. The summed E-state index contributed by atoms with van der Waals surface area (Å²) in [6, 6.07) is 0. The topological polar surface area (TPSA) is 20.2 Å². The number of hydrogen-bond donors (Lipinski definition) is 1. The molecule has 0 spiro atoms. The molecule has 0 aromatic rings. The fourth-order valence-corrected chi connectivity index (χ4v) is 8.51. The normalized spacial score (nSPS) is 46.0. The summed E-state index contributed by atoms with van der Waals surface area (Å²) >= 11 is 0. The largest absolute Gasteiger partial charge is 0.393 e. The summed E-state index contributed by atoms with van der Waals surface area (Å²) in [5.74, 6) is 4.32. The van der Waals surface area contributed by atoms with E-state index in [0.29, 0.717) is 28.6 Å². The lowest BCUT2D eigenvalue weighted by Crippen LogP contribution is -2.49. The lowest BCUT2D eigenvalue weighted by Gasteiger charge is -2.56. The van der Waals surface area contributed by atoms with E-state index in [9.17, 15) is 5.11 Å². The first-order valence-corrected chi connectivity index (χ1v) is 12.8. The molecule has 0 unspecified atom stereocenters. The average molecular weight is 399 g/mol. The zero-order valence-electron chi connectivity index (χ0n) is 20.0. The predicted octanol–water partition coefficient (Wildman–Crippen LogP) is 7.55. The summed E-state index contributed by atoms with van der Waals surface area (Å²) in [6.07, 6.45) is 16.6. The monoisotopic (exact) mass is 398 g/mol. The van der Waals surface area contributed by atoms with E-state index < -0.39 is 0 Å². The number of aliphatic hydroxyl groups excluding tert-OH is 1. The standard InChI is InChI=1S/C28H46O/c1-18(2)8-7-9-19(3)22-12-13-24-21-10-11-23-20(4)26(29)15-17-28(23,6)25(21)14-16-27(22,24)5/h7,9,18-20,22-24,26,29H,8,10-17H2,1-6H3/b9-7+/t19-,20+,22-,23+,24+,26+,27-,28+/m1/s1. The van der Waals surface area contributed by atoms with Crippen LogP contribution in [-0.2, 0) is 0 Å². The Labute approximate surface area is 180 Å². The van der Waals surface area contributed by atoms with Crippen LogP contribution in [0.1, 0.15) is 99.3 Å². The molecule has 0 amide bonds. The molecule has 1 nitrogen and oxygen atoms in total. The van der Waals surface area contributed by atoms with Crippen LogP contribution in [0.25, 0.3) is 0 Å². The molecule has 164 valence electrons. The van der Waals surface area contributed by atoms with Crippen LogP contribution >= 0.6 is 0 Å². The Balaban J connectivity index is 1.58. The van der Waals surface area contributed by atoms with Gasteiger partial charge in [-0.3, -0.25) is 0 Å². The highest BCUT2D eigenvalue weighted by molar-refractivity contribution is 5.35. The summed E-state index contributed by atoms with van der Waals surface area (Å²) in [7, 11) is 0. The number of hydrogen-bond acceptors (Lipinski definition) is 1. The minimum Gasteiger partial charge on any atom is -0.393 e. The Bertz CT molecular complexity index is 672. The van der Waals surface area contributed by atoms with Crippen molar-refractivity contribution in [2.24, 2.45) is 46.3 Å². The van der Waals surface area contributed by atoms with Crippen LogP contribution in [0.3, 0.4) is 0 Å². The lowest BCUT2D eigenvalue weighted by molar-refractivity contribution is -0.0332. The predicted molar refractivity (Wildman–Crippen MR) is 124 cm³/mol. The Hall–Kier alpha value is -0.560. The van der Waals surface area contributed by atoms with Crippen LogP contribution in [0, 0.1) is 46.3 Å². The van der Waals surface area contributed by atoms with E-state index in [4.69, 9.17) is 0 Å². The van der Waals surface area contributed by atoms with Gasteiger partial charge in [0.05, 0.1) is 6.10 Å². The second-order valence-corrected chi connectivity index (χ2v) is 12.2. The average Bonchev–Trinajstić information content (AvgIpc) is 3.02. The van der Waals surface area contributed by atoms with E-state index in [0.717, 1.165) is 24.2 Å². The third-order valence-corrected chi connectivity index (χ3v) is 10.2. The molecule has 4 aliphatic carbocycles. The zero-order chi connectivity index (χ0) is 21.0. The molecule has 29 heavy (non-hydrogen) atoms. The Kier molecular flexibility index (Phi) is 5.86. The van der Waals surface area contributed by atoms with Crippen LogP contribution in [-0.4, -0.2) is 11.2 Å². The van der Waals surface area contributed by atoms with Crippen molar-refractivity contribution in [2.75, 3.05) is 0 Å². The van der Waals surface area contributed by atoms with Gasteiger partial charge in [-0.05, 0) is 104 Å². The SMILES string of the molecule is CC(C)C/C=C/[C@@H](C)[C@H]1CC[C@H]2C3=C(CC[C@]12C)[C@@]1(C)CC[C@H](O)[C@@H](C)[C@@H]1CC3. The number of aliphatic hydroxyl groups is 1. The summed E-state index contributed by atoms with van der Waals surface area (Å²) in [5.41, 5.74) is 4.62. The van der Waals surface area contributed by atoms with Gasteiger partial charge >= 0.3 is 0 Å². The Morgan fingerprint density at radius 3 is 2.52 bits per heavy atom. The molecular weight excluding hydrogens is 352 g/mol. The molecule has 1 N–H and O–H groups in total. The molecule has 1 heteroatoms. The van der Waals surface area contributed by atoms with Gasteiger partial charge in [0.15, 0.2) is 0 Å². The van der Waals surface area contributed by atoms with E-state index >= 15 is 0 Å². The van der Waals surface area contributed by atoms with E-state index in [-0.39, 0.29) is 6.10 Å². The zero-order valence-corrected chi connectivity index (χ0v) is 20.0. The minimum absolute atomic E-state index is 0.0709. The second-order valence-electron chi connectivity index (χ2n) is 12.2. The van der Waals surface area contributed by atoms with Crippen molar-refractivity contribution in [1.82, 2.24) is 0 Å². The van der Waals surface area contributed by atoms with E-state index in [1.165, 1.54) is 51.4 Å². The van der Waals surface area contributed by atoms with Crippen molar-refractivity contribution >= 4 is 0 Å². The molecular formula is C28H46O. The summed E-state index contributed by atoms with van der Waals surface area (Å²) in [6.45, 7) is 14.7. The van der Waals surface area contributed by atoms with Gasteiger partial charge in [0, 0.05) is 0 Å². The first-order chi connectivity index (χ1) is 13.7. The van der Waals surface area contributed by atoms with E-state index in [1.54, 1.807) is 0 Å². The molecule has 0 heterocycles. The Morgan fingerprint density at radius 2 is 1.79 bits per heavy atom. The molecule has 0 aliphatic heterocycles. The summed E-state index contributed by atoms with van der Waals surface area (Å²) < 4.78 is 0. The molecule has 8 atom stereocenters. The lowest BCUT2D eigenvalue weighted by atomic mass is 9.49. The molecule has 2 fully saturated rings. The molecule has 4 rings (SSSR count). The second kappa shape index (κ2) is 7.85. The fraction of sp³-hybridized carbons (Fsp3) is 0.857. The van der Waals surface area contributed by atoms with Gasteiger partial charge in [-0.1, -0.05) is 64.8 Å². The molecule has 0 aromatic carbocycles. The van der Waals surface area contributed by atoms with Crippen LogP contribution in [0.2, 0.25) is 0 Å². The Morgan fingerprint density at radius 1 is 1.03 bits per heavy atom. The van der Waals surface area contributed by atoms with Crippen molar-refractivity contribution in [3.63, 3.8) is 0 Å². The van der Waals surface area contributed by atoms with Crippen LogP contribution in [0.15, 0.2) is 23.3 Å². The maximum atomic E-state index is 10.5. The number of rotatable bonds is 4. The number of allylic oxidation sites excluding steroid dienone is 4. The summed E-state index contributed by atoms with van der Waals surface area (Å²) in [4.78, 5) is 0. The van der Waals surface area contributed by atoms with E-state index in [1.807, 2.05) is 11.1 Å². The molecule has 0 bridgehead atoms. The quantitative estimate of drug-likeness (QED) is 0.484.